The first-order valence-electron chi connectivity index (χ1n) is 12.6. The summed E-state index contributed by atoms with van der Waals surface area (Å²) in [7, 11) is 1.80. The average Bonchev–Trinajstić information content (AvgIpc) is 2.85. The van der Waals surface area contributed by atoms with Crippen LogP contribution in [-0.4, -0.2) is 23.5 Å². The zero-order valence-corrected chi connectivity index (χ0v) is 20.9. The molecule has 0 spiro atoms. The lowest BCUT2D eigenvalue weighted by Gasteiger charge is -2.37. The number of nitrogens with zero attached hydrogens (tertiary/aromatic N) is 2. The van der Waals surface area contributed by atoms with E-state index in [0.717, 1.165) is 49.4 Å². The van der Waals surface area contributed by atoms with Crippen molar-refractivity contribution in [3.63, 3.8) is 0 Å². The van der Waals surface area contributed by atoms with Gasteiger partial charge in [0.2, 0.25) is 0 Å². The van der Waals surface area contributed by atoms with Gasteiger partial charge in [-0.3, -0.25) is 9.88 Å². The first-order chi connectivity index (χ1) is 16.1. The molecule has 4 rings (SSSR count). The van der Waals surface area contributed by atoms with Crippen molar-refractivity contribution in [3.05, 3.63) is 82.0 Å². The van der Waals surface area contributed by atoms with Gasteiger partial charge >= 0.3 is 0 Å². The molecule has 0 radical (unpaired) electrons. The van der Waals surface area contributed by atoms with Crippen LogP contribution in [0.2, 0.25) is 0 Å². The molecule has 0 aliphatic carbocycles. The predicted octanol–water partition coefficient (Wildman–Crippen LogP) is 7.09. The summed E-state index contributed by atoms with van der Waals surface area (Å²) in [6, 6.07) is 16.1. The molecule has 1 unspecified atom stereocenters. The summed E-state index contributed by atoms with van der Waals surface area (Å²) in [5.74, 6) is 0.988. The molecule has 0 saturated heterocycles. The number of pyridine rings is 1. The number of hydrogen-bond donors (Lipinski definition) is 0. The number of rotatable bonds is 8. The number of aryl methyl sites for hydroxylation is 2. The summed E-state index contributed by atoms with van der Waals surface area (Å²) in [5.41, 5.74) is 10.4. The van der Waals surface area contributed by atoms with Crippen LogP contribution in [0.15, 0.2) is 48.7 Å². The van der Waals surface area contributed by atoms with Crippen LogP contribution in [0.25, 0.3) is 11.3 Å². The highest BCUT2D eigenvalue weighted by atomic mass is 16.5. The van der Waals surface area contributed by atoms with Crippen molar-refractivity contribution < 1.29 is 4.74 Å². The Morgan fingerprint density at radius 3 is 2.36 bits per heavy atom. The minimum Gasteiger partial charge on any atom is -0.496 e. The Morgan fingerprint density at radius 2 is 1.70 bits per heavy atom. The maximum absolute atomic E-state index is 6.02. The van der Waals surface area contributed by atoms with Crippen molar-refractivity contribution >= 4 is 0 Å². The maximum atomic E-state index is 6.02. The monoisotopic (exact) mass is 442 g/mol. The number of ether oxygens (including phenoxy) is 1. The predicted molar refractivity (Wildman–Crippen MR) is 138 cm³/mol. The fourth-order valence-corrected chi connectivity index (χ4v) is 5.56. The standard InChI is InChI=1S/C30H38N2O/c1-6-12-27-26-16-10-9-13-24(26)17-18-32(27)20-25-19-31-29(21(4)30(25)33-5)28-22(7-2)14-11-15-23(28)8-3/h9-11,13-16,19,27H,6-8,12,17-18,20H2,1-5H3. The van der Waals surface area contributed by atoms with E-state index in [9.17, 15) is 0 Å². The fourth-order valence-electron chi connectivity index (χ4n) is 5.56. The van der Waals surface area contributed by atoms with Gasteiger partial charge in [0.1, 0.15) is 5.75 Å². The molecule has 3 nitrogen and oxygen atoms in total. The third-order valence-corrected chi connectivity index (χ3v) is 7.24. The molecule has 0 fully saturated rings. The number of fused-ring (bicyclic) bond motifs is 1. The van der Waals surface area contributed by atoms with Gasteiger partial charge in [0.25, 0.3) is 0 Å². The smallest absolute Gasteiger partial charge is 0.129 e. The lowest BCUT2D eigenvalue weighted by molar-refractivity contribution is 0.164. The van der Waals surface area contributed by atoms with Crippen LogP contribution >= 0.6 is 0 Å². The topological polar surface area (TPSA) is 25.4 Å². The van der Waals surface area contributed by atoms with Gasteiger partial charge in [0.15, 0.2) is 0 Å². The van der Waals surface area contributed by atoms with Crippen molar-refractivity contribution in [2.24, 2.45) is 0 Å². The van der Waals surface area contributed by atoms with E-state index in [2.05, 4.69) is 81.3 Å². The second kappa shape index (κ2) is 10.5. The van der Waals surface area contributed by atoms with Gasteiger partial charge < -0.3 is 4.74 Å². The molecule has 0 saturated carbocycles. The van der Waals surface area contributed by atoms with Gasteiger partial charge in [-0.2, -0.15) is 0 Å². The molecule has 33 heavy (non-hydrogen) atoms. The van der Waals surface area contributed by atoms with Crippen molar-refractivity contribution in [1.82, 2.24) is 9.88 Å². The third kappa shape index (κ3) is 4.56. The summed E-state index contributed by atoms with van der Waals surface area (Å²) >= 11 is 0. The van der Waals surface area contributed by atoms with Crippen molar-refractivity contribution in [1.29, 1.82) is 0 Å². The van der Waals surface area contributed by atoms with E-state index in [0.29, 0.717) is 6.04 Å². The van der Waals surface area contributed by atoms with Gasteiger partial charge in [-0.25, -0.2) is 0 Å². The highest BCUT2D eigenvalue weighted by Crippen LogP contribution is 2.38. The molecule has 0 bridgehead atoms. The van der Waals surface area contributed by atoms with Crippen LogP contribution in [0.4, 0.5) is 0 Å². The summed E-state index contributed by atoms with van der Waals surface area (Å²) < 4.78 is 6.02. The Hall–Kier alpha value is -2.65. The quantitative estimate of drug-likeness (QED) is 0.372. The van der Waals surface area contributed by atoms with Crippen LogP contribution in [-0.2, 0) is 25.8 Å². The zero-order valence-electron chi connectivity index (χ0n) is 20.9. The lowest BCUT2D eigenvalue weighted by atomic mass is 9.89. The van der Waals surface area contributed by atoms with Crippen LogP contribution in [0.5, 0.6) is 5.75 Å². The van der Waals surface area contributed by atoms with E-state index in [-0.39, 0.29) is 0 Å². The molecule has 2 aromatic carbocycles. The van der Waals surface area contributed by atoms with Gasteiger partial charge in [-0.05, 0) is 54.9 Å². The molecule has 2 heterocycles. The molecular weight excluding hydrogens is 404 g/mol. The van der Waals surface area contributed by atoms with Gasteiger partial charge in [-0.15, -0.1) is 0 Å². The van der Waals surface area contributed by atoms with Crippen molar-refractivity contribution in [2.75, 3.05) is 13.7 Å². The fraction of sp³-hybridized carbons (Fsp3) is 0.433. The molecule has 1 aromatic heterocycles. The minimum absolute atomic E-state index is 0.456. The Labute approximate surface area is 199 Å². The van der Waals surface area contributed by atoms with Gasteiger partial charge in [0.05, 0.1) is 12.8 Å². The largest absolute Gasteiger partial charge is 0.496 e. The van der Waals surface area contributed by atoms with Crippen LogP contribution in [0.1, 0.15) is 73.0 Å². The third-order valence-electron chi connectivity index (χ3n) is 7.24. The second-order valence-corrected chi connectivity index (χ2v) is 9.17. The highest BCUT2D eigenvalue weighted by Gasteiger charge is 2.28. The average molecular weight is 443 g/mol. The SMILES string of the molecule is CCCC1c2ccccc2CCN1Cc1cnc(-c2c(CC)cccc2CC)c(C)c1OC. The first-order valence-corrected chi connectivity index (χ1v) is 12.6. The minimum atomic E-state index is 0.456. The van der Waals surface area contributed by atoms with Crippen molar-refractivity contribution in [3.8, 4) is 17.0 Å². The number of methoxy groups -OCH3 is 1. The van der Waals surface area contributed by atoms with E-state index in [1.165, 1.54) is 46.2 Å². The molecule has 0 N–H and O–H groups in total. The van der Waals surface area contributed by atoms with E-state index >= 15 is 0 Å². The van der Waals surface area contributed by atoms with E-state index < -0.39 is 0 Å². The van der Waals surface area contributed by atoms with E-state index in [1.54, 1.807) is 7.11 Å². The van der Waals surface area contributed by atoms with E-state index in [1.807, 2.05) is 0 Å². The summed E-state index contributed by atoms with van der Waals surface area (Å²) in [6.45, 7) is 10.8. The molecule has 174 valence electrons. The number of benzene rings is 2. The molecular formula is C30H38N2O. The molecule has 1 aliphatic heterocycles. The Bertz CT molecular complexity index is 1080. The number of aromatic nitrogens is 1. The summed E-state index contributed by atoms with van der Waals surface area (Å²) in [4.78, 5) is 7.68. The molecule has 1 aliphatic rings. The molecule has 3 heteroatoms. The Morgan fingerprint density at radius 1 is 0.970 bits per heavy atom. The molecule has 3 aromatic rings. The Kier molecular flexibility index (Phi) is 7.49. The second-order valence-electron chi connectivity index (χ2n) is 9.17. The first kappa shape index (κ1) is 23.5. The maximum Gasteiger partial charge on any atom is 0.129 e. The van der Waals surface area contributed by atoms with Crippen LogP contribution < -0.4 is 4.74 Å². The van der Waals surface area contributed by atoms with Gasteiger partial charge in [0, 0.05) is 42.0 Å². The van der Waals surface area contributed by atoms with Crippen molar-refractivity contribution in [2.45, 2.75) is 72.4 Å². The van der Waals surface area contributed by atoms with Crippen LogP contribution in [0, 0.1) is 6.92 Å². The summed E-state index contributed by atoms with van der Waals surface area (Å²) in [5, 5.41) is 0. The summed E-state index contributed by atoms with van der Waals surface area (Å²) in [6.07, 6.45) is 7.52. The van der Waals surface area contributed by atoms with E-state index in [4.69, 9.17) is 9.72 Å². The zero-order chi connectivity index (χ0) is 23.4. The van der Waals surface area contributed by atoms with Gasteiger partial charge in [-0.1, -0.05) is 69.7 Å². The van der Waals surface area contributed by atoms with Crippen LogP contribution in [0.3, 0.4) is 0 Å². The normalized spacial score (nSPS) is 16.0. The highest BCUT2D eigenvalue weighted by molar-refractivity contribution is 5.73. The number of hydrogen-bond acceptors (Lipinski definition) is 3. The lowest BCUT2D eigenvalue weighted by Crippen LogP contribution is -2.35. The Balaban J connectivity index is 1.72. The molecule has 0 amide bonds. The molecule has 1 atom stereocenters.